The molecule has 0 aliphatic rings. The first-order valence-corrected chi connectivity index (χ1v) is 7.19. The Labute approximate surface area is 134 Å². The number of phenolic OH excluding ortho intramolecular Hbond substituents is 2. The molecule has 0 spiro atoms. The first-order valence-electron chi connectivity index (χ1n) is 7.19. The van der Waals surface area contributed by atoms with Gasteiger partial charge in [0, 0.05) is 5.56 Å². The molecule has 1 aromatic rings. The minimum Gasteiger partial charge on any atom is -0.507 e. The lowest BCUT2D eigenvalue weighted by atomic mass is 9.93. The maximum absolute atomic E-state index is 10.9. The van der Waals surface area contributed by atoms with E-state index < -0.39 is 17.9 Å². The van der Waals surface area contributed by atoms with Crippen molar-refractivity contribution in [3.05, 3.63) is 33.9 Å². The molecule has 0 unspecified atom stereocenters. The third-order valence-corrected chi connectivity index (χ3v) is 4.14. The van der Waals surface area contributed by atoms with Gasteiger partial charge in [-0.25, -0.2) is 0 Å². The maximum atomic E-state index is 10.9. The third-order valence-electron chi connectivity index (χ3n) is 4.14. The molecule has 6 heteroatoms. The van der Waals surface area contributed by atoms with Crippen LogP contribution in [0.4, 0.5) is 0 Å². The van der Waals surface area contributed by atoms with Gasteiger partial charge in [0.05, 0.1) is 0 Å². The highest BCUT2D eigenvalue weighted by atomic mass is 16.4. The van der Waals surface area contributed by atoms with Crippen LogP contribution in [0.5, 0.6) is 11.5 Å². The van der Waals surface area contributed by atoms with E-state index in [1.54, 1.807) is 33.8 Å². The smallest absolute Gasteiger partial charge is 0.318 e. The summed E-state index contributed by atoms with van der Waals surface area (Å²) in [6.07, 6.45) is 1.85. The van der Waals surface area contributed by atoms with Gasteiger partial charge in [-0.15, -0.1) is 0 Å². The molecule has 23 heavy (non-hydrogen) atoms. The summed E-state index contributed by atoms with van der Waals surface area (Å²) in [7, 11) is 0. The minimum atomic E-state index is -1.49. The summed E-state index contributed by atoms with van der Waals surface area (Å²) in [6.45, 7) is 6.75. The van der Waals surface area contributed by atoms with Crippen LogP contribution in [0.15, 0.2) is 11.6 Å². The highest BCUT2D eigenvalue weighted by Gasteiger charge is 2.25. The van der Waals surface area contributed by atoms with Gasteiger partial charge >= 0.3 is 11.9 Å². The normalized spacial score (nSPS) is 11.8. The standard InChI is InChI=1S/C17H22O6/c1-8(7-13(16(20)21)17(22)23)5-6-12-11(4)14(18)9(2)10(3)15(12)19/h5,13,18-19H,6-7H2,1-4H3,(H,20,21)(H,22,23). The SMILES string of the molecule is CC(=CCc1c(C)c(O)c(C)c(C)c1O)CC(C(=O)O)C(=O)O. The molecule has 0 saturated heterocycles. The second-order valence-electron chi connectivity index (χ2n) is 5.74. The van der Waals surface area contributed by atoms with E-state index in [1.807, 2.05) is 0 Å². The number of aliphatic carboxylic acids is 2. The van der Waals surface area contributed by atoms with Crippen molar-refractivity contribution in [1.82, 2.24) is 0 Å². The first kappa shape index (κ1) is 18.5. The van der Waals surface area contributed by atoms with Gasteiger partial charge in [0.2, 0.25) is 0 Å². The summed E-state index contributed by atoms with van der Waals surface area (Å²) in [4.78, 5) is 21.8. The van der Waals surface area contributed by atoms with Crippen molar-refractivity contribution in [2.45, 2.75) is 40.5 Å². The van der Waals surface area contributed by atoms with Gasteiger partial charge in [-0.05, 0) is 57.2 Å². The van der Waals surface area contributed by atoms with Gasteiger partial charge in [-0.1, -0.05) is 11.6 Å². The van der Waals surface area contributed by atoms with Crippen LogP contribution in [0.25, 0.3) is 0 Å². The van der Waals surface area contributed by atoms with Crippen LogP contribution in [-0.2, 0) is 16.0 Å². The van der Waals surface area contributed by atoms with E-state index in [9.17, 15) is 19.8 Å². The Bertz CT molecular complexity index is 629. The highest BCUT2D eigenvalue weighted by molar-refractivity contribution is 5.93. The van der Waals surface area contributed by atoms with Crippen molar-refractivity contribution >= 4 is 11.9 Å². The second kappa shape index (κ2) is 7.17. The monoisotopic (exact) mass is 322 g/mol. The molecule has 0 atom stereocenters. The summed E-state index contributed by atoms with van der Waals surface area (Å²) in [5, 5.41) is 38.1. The molecule has 1 rings (SSSR count). The number of aromatic hydroxyl groups is 2. The topological polar surface area (TPSA) is 115 Å². The third kappa shape index (κ3) is 4.03. The van der Waals surface area contributed by atoms with Gasteiger partial charge in [0.1, 0.15) is 11.5 Å². The minimum absolute atomic E-state index is 0.0925. The number of rotatable bonds is 6. The Morgan fingerprint density at radius 3 is 1.91 bits per heavy atom. The van der Waals surface area contributed by atoms with Gasteiger partial charge in [-0.3, -0.25) is 9.59 Å². The van der Waals surface area contributed by atoms with Gasteiger partial charge in [0.15, 0.2) is 5.92 Å². The Morgan fingerprint density at radius 2 is 1.43 bits per heavy atom. The van der Waals surface area contributed by atoms with Crippen molar-refractivity contribution in [2.75, 3.05) is 0 Å². The Balaban J connectivity index is 3.06. The molecule has 4 N–H and O–H groups in total. The Morgan fingerprint density at radius 1 is 0.957 bits per heavy atom. The lowest BCUT2D eigenvalue weighted by Crippen LogP contribution is -2.23. The fourth-order valence-corrected chi connectivity index (χ4v) is 2.39. The molecule has 0 radical (unpaired) electrons. The van der Waals surface area contributed by atoms with Crippen LogP contribution >= 0.6 is 0 Å². The Hall–Kier alpha value is -2.50. The molecule has 0 heterocycles. The van der Waals surface area contributed by atoms with Gasteiger partial charge < -0.3 is 20.4 Å². The van der Waals surface area contributed by atoms with E-state index in [1.165, 1.54) is 0 Å². The molecular weight excluding hydrogens is 300 g/mol. The van der Waals surface area contributed by atoms with E-state index in [2.05, 4.69) is 0 Å². The second-order valence-corrected chi connectivity index (χ2v) is 5.74. The lowest BCUT2D eigenvalue weighted by molar-refractivity contribution is -0.154. The van der Waals surface area contributed by atoms with E-state index in [-0.39, 0.29) is 24.3 Å². The molecule has 0 saturated carbocycles. The number of carbonyl (C=O) groups is 2. The average molecular weight is 322 g/mol. The average Bonchev–Trinajstić information content (AvgIpc) is 2.48. The summed E-state index contributed by atoms with van der Waals surface area (Å²) in [6, 6.07) is 0. The summed E-state index contributed by atoms with van der Waals surface area (Å²) >= 11 is 0. The van der Waals surface area contributed by atoms with Crippen LogP contribution in [0, 0.1) is 26.7 Å². The first-order chi connectivity index (χ1) is 10.6. The van der Waals surface area contributed by atoms with E-state index in [4.69, 9.17) is 10.2 Å². The molecule has 126 valence electrons. The number of carboxylic acids is 2. The molecule has 0 fully saturated rings. The number of hydrogen-bond donors (Lipinski definition) is 4. The molecular formula is C17H22O6. The van der Waals surface area contributed by atoms with Crippen LogP contribution < -0.4 is 0 Å². The maximum Gasteiger partial charge on any atom is 0.318 e. The number of allylic oxidation sites excluding steroid dienone is 2. The van der Waals surface area contributed by atoms with E-state index in [0.29, 0.717) is 27.8 Å². The van der Waals surface area contributed by atoms with Crippen molar-refractivity contribution in [3.8, 4) is 11.5 Å². The van der Waals surface area contributed by atoms with Crippen molar-refractivity contribution in [2.24, 2.45) is 5.92 Å². The van der Waals surface area contributed by atoms with Crippen molar-refractivity contribution in [1.29, 1.82) is 0 Å². The summed E-state index contributed by atoms with van der Waals surface area (Å²) < 4.78 is 0. The number of hydrogen-bond acceptors (Lipinski definition) is 4. The predicted octanol–water partition coefficient (Wildman–Crippen LogP) is 2.69. The largest absolute Gasteiger partial charge is 0.507 e. The fraction of sp³-hybridized carbons (Fsp3) is 0.412. The number of phenols is 2. The number of benzene rings is 1. The molecule has 0 aliphatic heterocycles. The molecule has 0 bridgehead atoms. The fourth-order valence-electron chi connectivity index (χ4n) is 2.39. The van der Waals surface area contributed by atoms with Crippen molar-refractivity contribution < 1.29 is 30.0 Å². The number of carboxylic acid groups (broad SMARTS) is 2. The van der Waals surface area contributed by atoms with E-state index >= 15 is 0 Å². The molecule has 0 aliphatic carbocycles. The van der Waals surface area contributed by atoms with Crippen LogP contribution in [-0.4, -0.2) is 32.4 Å². The molecule has 0 amide bonds. The van der Waals surface area contributed by atoms with Crippen LogP contribution in [0.2, 0.25) is 0 Å². The van der Waals surface area contributed by atoms with Crippen LogP contribution in [0.3, 0.4) is 0 Å². The summed E-state index contributed by atoms with van der Waals surface area (Å²) in [5.41, 5.74) is 2.90. The summed E-state index contributed by atoms with van der Waals surface area (Å²) in [5.74, 6) is -4.04. The highest BCUT2D eigenvalue weighted by Crippen LogP contribution is 2.36. The quantitative estimate of drug-likeness (QED) is 0.363. The Kier molecular flexibility index (Phi) is 5.79. The predicted molar refractivity (Wildman–Crippen MR) is 84.8 cm³/mol. The van der Waals surface area contributed by atoms with E-state index in [0.717, 1.165) is 0 Å². The van der Waals surface area contributed by atoms with Crippen LogP contribution in [0.1, 0.15) is 35.6 Å². The zero-order valence-electron chi connectivity index (χ0n) is 13.7. The lowest BCUT2D eigenvalue weighted by Gasteiger charge is -2.15. The van der Waals surface area contributed by atoms with Gasteiger partial charge in [-0.2, -0.15) is 0 Å². The molecule has 1 aromatic carbocycles. The molecule has 0 aromatic heterocycles. The zero-order chi connectivity index (χ0) is 17.9. The zero-order valence-corrected chi connectivity index (χ0v) is 13.7. The molecule has 6 nitrogen and oxygen atoms in total. The van der Waals surface area contributed by atoms with Gasteiger partial charge in [0.25, 0.3) is 0 Å². The van der Waals surface area contributed by atoms with Crippen molar-refractivity contribution in [3.63, 3.8) is 0 Å².